The summed E-state index contributed by atoms with van der Waals surface area (Å²) in [6.07, 6.45) is 5.81. The van der Waals surface area contributed by atoms with Crippen molar-refractivity contribution in [2.75, 3.05) is 0 Å². The highest BCUT2D eigenvalue weighted by Crippen LogP contribution is 2.33. The maximum absolute atomic E-state index is 12.7. The summed E-state index contributed by atoms with van der Waals surface area (Å²) in [5.41, 5.74) is 3.43. The molecule has 1 unspecified atom stereocenters. The topological polar surface area (TPSA) is 58.0 Å². The molecule has 0 aliphatic carbocycles. The van der Waals surface area contributed by atoms with Crippen LogP contribution in [0.25, 0.3) is 10.9 Å². The Morgan fingerprint density at radius 1 is 1.10 bits per heavy atom. The van der Waals surface area contributed by atoms with Gasteiger partial charge in [-0.1, -0.05) is 41.9 Å². The summed E-state index contributed by atoms with van der Waals surface area (Å²) in [6.45, 7) is 0.400. The van der Waals surface area contributed by atoms with Gasteiger partial charge in [-0.25, -0.2) is 0 Å². The molecule has 0 fully saturated rings. The summed E-state index contributed by atoms with van der Waals surface area (Å²) < 4.78 is 5.30. The van der Waals surface area contributed by atoms with Crippen molar-refractivity contribution in [1.29, 1.82) is 0 Å². The Balaban J connectivity index is 1.52. The van der Waals surface area contributed by atoms with Gasteiger partial charge in [0.2, 0.25) is 5.91 Å². The monoisotopic (exact) mass is 406 g/mol. The fraction of sp³-hybridized carbons (Fsp3) is 0.208. The van der Waals surface area contributed by atoms with Crippen LogP contribution < -0.4 is 5.32 Å². The molecule has 29 heavy (non-hydrogen) atoms. The van der Waals surface area contributed by atoms with Gasteiger partial charge < -0.3 is 14.7 Å². The second-order valence-corrected chi connectivity index (χ2v) is 7.65. The van der Waals surface area contributed by atoms with E-state index in [1.807, 2.05) is 54.7 Å². The molecular formula is C24H23ClN2O2. The minimum Gasteiger partial charge on any atom is -0.467 e. The molecule has 0 bridgehead atoms. The average molecular weight is 407 g/mol. The minimum atomic E-state index is 0.0100. The zero-order valence-corrected chi connectivity index (χ0v) is 16.8. The molecule has 5 heteroatoms. The smallest absolute Gasteiger partial charge is 0.220 e. The van der Waals surface area contributed by atoms with Crippen LogP contribution in [0.5, 0.6) is 0 Å². The first-order chi connectivity index (χ1) is 14.2. The van der Waals surface area contributed by atoms with E-state index in [2.05, 4.69) is 22.4 Å². The fourth-order valence-electron chi connectivity index (χ4n) is 3.70. The van der Waals surface area contributed by atoms with Crippen molar-refractivity contribution in [3.05, 3.63) is 95.0 Å². The molecule has 0 saturated heterocycles. The average Bonchev–Trinajstić information content (AvgIpc) is 3.40. The van der Waals surface area contributed by atoms with Gasteiger partial charge in [-0.05, 0) is 60.2 Å². The molecule has 0 radical (unpaired) electrons. The molecule has 0 aliphatic heterocycles. The van der Waals surface area contributed by atoms with Crippen LogP contribution in [0.3, 0.4) is 0 Å². The van der Waals surface area contributed by atoms with Crippen LogP contribution in [-0.4, -0.2) is 10.9 Å². The number of H-pyrrole nitrogens is 1. The van der Waals surface area contributed by atoms with Gasteiger partial charge in [0.1, 0.15) is 5.76 Å². The van der Waals surface area contributed by atoms with Crippen LogP contribution in [0, 0.1) is 0 Å². The Morgan fingerprint density at radius 3 is 2.76 bits per heavy atom. The number of hydrogen-bond donors (Lipinski definition) is 2. The number of carbonyl (C=O) groups is 1. The van der Waals surface area contributed by atoms with Crippen molar-refractivity contribution in [2.24, 2.45) is 0 Å². The molecule has 2 heterocycles. The summed E-state index contributed by atoms with van der Waals surface area (Å²) in [5, 5.41) is 4.74. The van der Waals surface area contributed by atoms with E-state index < -0.39 is 0 Å². The number of amides is 1. The first-order valence-corrected chi connectivity index (χ1v) is 10.2. The highest BCUT2D eigenvalue weighted by Gasteiger charge is 2.20. The maximum atomic E-state index is 12.7. The third-order valence-corrected chi connectivity index (χ3v) is 5.45. The highest BCUT2D eigenvalue weighted by atomic mass is 35.5. The van der Waals surface area contributed by atoms with E-state index >= 15 is 0 Å². The van der Waals surface area contributed by atoms with E-state index in [1.165, 1.54) is 5.56 Å². The number of aromatic nitrogens is 1. The predicted octanol–water partition coefficient (Wildman–Crippen LogP) is 5.84. The number of halogens is 1. The Bertz CT molecular complexity index is 1070. The molecule has 0 aliphatic rings. The zero-order chi connectivity index (χ0) is 20.1. The van der Waals surface area contributed by atoms with Gasteiger partial charge in [0.25, 0.3) is 0 Å². The SMILES string of the molecule is O=C(CC(CCc1ccccc1)c1c[nH]c2ccc(Cl)cc12)NCc1ccco1. The molecule has 2 aromatic heterocycles. The minimum absolute atomic E-state index is 0.0100. The Morgan fingerprint density at radius 2 is 1.97 bits per heavy atom. The summed E-state index contributed by atoms with van der Waals surface area (Å²) in [5.74, 6) is 0.841. The molecule has 4 nitrogen and oxygen atoms in total. The van der Waals surface area contributed by atoms with Gasteiger partial charge in [-0.2, -0.15) is 0 Å². The summed E-state index contributed by atoms with van der Waals surface area (Å²) in [6, 6.07) is 19.9. The van der Waals surface area contributed by atoms with Gasteiger partial charge in [0, 0.05) is 28.5 Å². The normalized spacial score (nSPS) is 12.2. The van der Waals surface area contributed by atoms with E-state index in [9.17, 15) is 4.79 Å². The van der Waals surface area contributed by atoms with Crippen molar-refractivity contribution in [3.63, 3.8) is 0 Å². The van der Waals surface area contributed by atoms with Gasteiger partial charge in [0.05, 0.1) is 12.8 Å². The van der Waals surface area contributed by atoms with E-state index in [1.54, 1.807) is 6.26 Å². The number of fused-ring (bicyclic) bond motifs is 1. The number of aromatic amines is 1. The van der Waals surface area contributed by atoms with Gasteiger partial charge in [0.15, 0.2) is 0 Å². The lowest BCUT2D eigenvalue weighted by atomic mass is 9.89. The van der Waals surface area contributed by atoms with E-state index in [-0.39, 0.29) is 11.8 Å². The third kappa shape index (κ3) is 4.90. The van der Waals surface area contributed by atoms with E-state index in [4.69, 9.17) is 16.0 Å². The fourth-order valence-corrected chi connectivity index (χ4v) is 3.87. The number of aryl methyl sites for hydroxylation is 1. The lowest BCUT2D eigenvalue weighted by Crippen LogP contribution is -2.24. The van der Waals surface area contributed by atoms with E-state index in [0.29, 0.717) is 18.0 Å². The summed E-state index contributed by atoms with van der Waals surface area (Å²) in [4.78, 5) is 16.0. The molecule has 1 amide bonds. The summed E-state index contributed by atoms with van der Waals surface area (Å²) >= 11 is 6.23. The van der Waals surface area contributed by atoms with Crippen LogP contribution in [0.4, 0.5) is 0 Å². The van der Waals surface area contributed by atoms with Gasteiger partial charge in [-0.3, -0.25) is 4.79 Å². The predicted molar refractivity (Wildman–Crippen MR) is 116 cm³/mol. The highest BCUT2D eigenvalue weighted by molar-refractivity contribution is 6.31. The third-order valence-electron chi connectivity index (χ3n) is 5.21. The van der Waals surface area contributed by atoms with Crippen molar-refractivity contribution >= 4 is 28.4 Å². The summed E-state index contributed by atoms with van der Waals surface area (Å²) in [7, 11) is 0. The molecule has 148 valence electrons. The molecule has 2 aromatic carbocycles. The second kappa shape index (κ2) is 9.01. The Labute approximate surface area is 174 Å². The Hall–Kier alpha value is -2.98. The van der Waals surface area contributed by atoms with Crippen molar-refractivity contribution in [1.82, 2.24) is 10.3 Å². The molecule has 4 rings (SSSR count). The largest absolute Gasteiger partial charge is 0.467 e. The van der Waals surface area contributed by atoms with E-state index in [0.717, 1.165) is 35.1 Å². The molecule has 2 N–H and O–H groups in total. The van der Waals surface area contributed by atoms with Crippen LogP contribution in [0.2, 0.25) is 5.02 Å². The second-order valence-electron chi connectivity index (χ2n) is 7.22. The van der Waals surface area contributed by atoms with Crippen molar-refractivity contribution in [2.45, 2.75) is 31.7 Å². The lowest BCUT2D eigenvalue weighted by molar-refractivity contribution is -0.121. The number of hydrogen-bond acceptors (Lipinski definition) is 2. The van der Waals surface area contributed by atoms with Crippen LogP contribution in [0.1, 0.15) is 35.6 Å². The van der Waals surface area contributed by atoms with Crippen molar-refractivity contribution < 1.29 is 9.21 Å². The zero-order valence-electron chi connectivity index (χ0n) is 16.0. The maximum Gasteiger partial charge on any atom is 0.220 e. The molecule has 4 aromatic rings. The Kier molecular flexibility index (Phi) is 6.01. The number of rotatable bonds is 8. The van der Waals surface area contributed by atoms with Gasteiger partial charge >= 0.3 is 0 Å². The van der Waals surface area contributed by atoms with Crippen LogP contribution in [0.15, 0.2) is 77.5 Å². The van der Waals surface area contributed by atoms with Crippen LogP contribution in [-0.2, 0) is 17.8 Å². The quantitative estimate of drug-likeness (QED) is 0.386. The number of benzene rings is 2. The molecule has 1 atom stereocenters. The standard InChI is InChI=1S/C24H23ClN2O2/c25-19-10-11-23-21(14-19)22(16-26-23)18(9-8-17-5-2-1-3-6-17)13-24(28)27-15-20-7-4-12-29-20/h1-7,10-12,14,16,18,26H,8-9,13,15H2,(H,27,28). The molecule has 0 saturated carbocycles. The number of nitrogens with one attached hydrogen (secondary N) is 2. The first kappa shape index (κ1) is 19.3. The molecular weight excluding hydrogens is 384 g/mol. The van der Waals surface area contributed by atoms with Gasteiger partial charge in [-0.15, -0.1) is 0 Å². The first-order valence-electron chi connectivity index (χ1n) is 9.78. The number of furan rings is 1. The number of carbonyl (C=O) groups excluding carboxylic acids is 1. The lowest BCUT2D eigenvalue weighted by Gasteiger charge is -2.17. The molecule has 0 spiro atoms. The van der Waals surface area contributed by atoms with Crippen LogP contribution >= 0.6 is 11.6 Å². The van der Waals surface area contributed by atoms with Crippen molar-refractivity contribution in [3.8, 4) is 0 Å².